The predicted octanol–water partition coefficient (Wildman–Crippen LogP) is 3.18. The molecule has 10 nitrogen and oxygen atoms in total. The van der Waals surface area contributed by atoms with Crippen molar-refractivity contribution in [2.75, 3.05) is 0 Å². The van der Waals surface area contributed by atoms with Crippen LogP contribution in [0.2, 0.25) is 0 Å². The van der Waals surface area contributed by atoms with Crippen LogP contribution in [0.4, 0.5) is 4.79 Å². The summed E-state index contributed by atoms with van der Waals surface area (Å²) in [7, 11) is 0. The molecule has 32 heavy (non-hydrogen) atoms. The van der Waals surface area contributed by atoms with Gasteiger partial charge in [0.2, 0.25) is 5.82 Å². The van der Waals surface area contributed by atoms with Gasteiger partial charge in [0.15, 0.2) is 0 Å². The second-order valence-electron chi connectivity index (χ2n) is 8.35. The van der Waals surface area contributed by atoms with Crippen LogP contribution in [0, 0.1) is 6.92 Å². The first-order valence-electron chi connectivity index (χ1n) is 10.3. The second kappa shape index (κ2) is 6.46. The summed E-state index contributed by atoms with van der Waals surface area (Å²) in [5, 5.41) is 13.9. The molecule has 4 heterocycles. The van der Waals surface area contributed by atoms with Crippen molar-refractivity contribution in [3.05, 3.63) is 47.3 Å². The fourth-order valence-corrected chi connectivity index (χ4v) is 4.04. The summed E-state index contributed by atoms with van der Waals surface area (Å²) in [6.07, 6.45) is 2.19. The Bertz CT molecular complexity index is 1420. The summed E-state index contributed by atoms with van der Waals surface area (Å²) >= 11 is 0. The van der Waals surface area contributed by atoms with E-state index < -0.39 is 17.5 Å². The third kappa shape index (κ3) is 2.79. The molecule has 0 radical (unpaired) electrons. The highest BCUT2D eigenvalue weighted by molar-refractivity contribution is 6.07. The molecule has 2 aliphatic rings. The lowest BCUT2D eigenvalue weighted by Gasteiger charge is -2.21. The summed E-state index contributed by atoms with van der Waals surface area (Å²) in [6, 6.07) is 8.58. The fraction of sp³-hybridized carbons (Fsp3) is 0.273. The molecule has 1 saturated carbocycles. The number of aromatic nitrogens is 4. The van der Waals surface area contributed by atoms with Gasteiger partial charge in [0.25, 0.3) is 17.5 Å². The van der Waals surface area contributed by atoms with Gasteiger partial charge in [0.05, 0.1) is 16.6 Å². The topological polar surface area (TPSA) is 136 Å². The molecule has 0 spiro atoms. The molecule has 1 aliphatic heterocycles. The average molecular weight is 430 g/mol. The molecular weight excluding hydrogens is 412 g/mol. The van der Waals surface area contributed by atoms with Crippen molar-refractivity contribution in [2.24, 2.45) is 0 Å². The number of hydrogen-bond donors (Lipinski definition) is 2. The highest BCUT2D eigenvalue weighted by Crippen LogP contribution is 2.42. The third-order valence-electron chi connectivity index (χ3n) is 6.03. The number of benzene rings is 1. The Morgan fingerprint density at radius 2 is 1.94 bits per heavy atom. The molecule has 2 N–H and O–H groups in total. The maximum atomic E-state index is 12.3. The largest absolute Gasteiger partial charge is 0.336 e. The van der Waals surface area contributed by atoms with Crippen molar-refractivity contribution in [1.29, 1.82) is 0 Å². The Labute approximate surface area is 181 Å². The Morgan fingerprint density at radius 3 is 2.69 bits per heavy atom. The summed E-state index contributed by atoms with van der Waals surface area (Å²) in [6.45, 7) is 3.49. The van der Waals surface area contributed by atoms with Crippen molar-refractivity contribution >= 4 is 23.0 Å². The first-order chi connectivity index (χ1) is 15.4. The van der Waals surface area contributed by atoms with E-state index >= 15 is 0 Å². The third-order valence-corrected chi connectivity index (χ3v) is 6.03. The maximum absolute atomic E-state index is 12.3. The highest BCUT2D eigenvalue weighted by Gasteiger charge is 2.43. The summed E-state index contributed by atoms with van der Waals surface area (Å²) < 4.78 is 11.0. The van der Waals surface area contributed by atoms with Crippen LogP contribution in [0.5, 0.6) is 0 Å². The van der Waals surface area contributed by atoms with Crippen molar-refractivity contribution in [3.8, 4) is 22.8 Å². The molecule has 4 aromatic rings. The molecule has 6 rings (SSSR count). The number of aryl methyl sites for hydroxylation is 1. The standard InChI is InChI=1S/C22H18N6O4/c1-10-16-14(9-15(11-6-7-11)23-19(16)32-27-10)18-24-17(28-31-18)12-4-3-5-13(8-12)22(2)20(29)25-21(30)26-22/h3-5,8-9,11H,6-7H2,1-2H3,(H2,25,26,29,30). The Balaban J connectivity index is 1.42. The van der Waals surface area contributed by atoms with Crippen LogP contribution < -0.4 is 10.6 Å². The van der Waals surface area contributed by atoms with Gasteiger partial charge in [0.1, 0.15) is 5.54 Å². The number of fused-ring (bicyclic) bond motifs is 1. The number of pyridine rings is 1. The van der Waals surface area contributed by atoms with Gasteiger partial charge in [-0.15, -0.1) is 0 Å². The van der Waals surface area contributed by atoms with Gasteiger partial charge >= 0.3 is 6.03 Å². The van der Waals surface area contributed by atoms with E-state index in [9.17, 15) is 9.59 Å². The minimum atomic E-state index is -1.17. The van der Waals surface area contributed by atoms with Crippen LogP contribution >= 0.6 is 0 Å². The van der Waals surface area contributed by atoms with Gasteiger partial charge in [-0.3, -0.25) is 10.1 Å². The Hall–Kier alpha value is -4.08. The van der Waals surface area contributed by atoms with E-state index in [1.165, 1.54) is 0 Å². The van der Waals surface area contributed by atoms with Gasteiger partial charge in [-0.1, -0.05) is 28.5 Å². The lowest BCUT2D eigenvalue weighted by Crippen LogP contribution is -2.40. The van der Waals surface area contributed by atoms with E-state index in [2.05, 4.69) is 30.9 Å². The summed E-state index contributed by atoms with van der Waals surface area (Å²) in [4.78, 5) is 33.1. The lowest BCUT2D eigenvalue weighted by molar-refractivity contribution is -0.123. The summed E-state index contributed by atoms with van der Waals surface area (Å²) in [5.74, 6) is 0.700. The van der Waals surface area contributed by atoms with Crippen LogP contribution in [-0.2, 0) is 10.3 Å². The van der Waals surface area contributed by atoms with E-state index in [1.807, 2.05) is 19.1 Å². The van der Waals surface area contributed by atoms with E-state index in [1.54, 1.807) is 25.1 Å². The monoisotopic (exact) mass is 430 g/mol. The van der Waals surface area contributed by atoms with Gasteiger partial charge in [-0.25, -0.2) is 9.78 Å². The van der Waals surface area contributed by atoms with Gasteiger partial charge in [-0.05, 0) is 44.4 Å². The zero-order valence-corrected chi connectivity index (χ0v) is 17.3. The van der Waals surface area contributed by atoms with Crippen molar-refractivity contribution in [2.45, 2.75) is 38.1 Å². The molecular formula is C22H18N6O4. The number of nitrogens with zero attached hydrogens (tertiary/aromatic N) is 4. The first kappa shape index (κ1) is 18.7. The summed E-state index contributed by atoms with van der Waals surface area (Å²) in [5.41, 5.74) is 2.92. The Kier molecular flexibility index (Phi) is 3.77. The Morgan fingerprint density at radius 1 is 1.09 bits per heavy atom. The van der Waals surface area contributed by atoms with E-state index in [-0.39, 0.29) is 0 Å². The van der Waals surface area contributed by atoms with Crippen molar-refractivity contribution < 1.29 is 18.6 Å². The predicted molar refractivity (Wildman–Crippen MR) is 111 cm³/mol. The normalized spacial score (nSPS) is 20.6. The molecule has 160 valence electrons. The minimum Gasteiger partial charge on any atom is -0.336 e. The number of nitrogens with one attached hydrogen (secondary N) is 2. The molecule has 1 aliphatic carbocycles. The number of carbonyl (C=O) groups is 2. The first-order valence-corrected chi connectivity index (χ1v) is 10.3. The number of rotatable bonds is 4. The SMILES string of the molecule is Cc1noc2nc(C3CC3)cc(-c3nc(-c4cccc(C5(C)NC(=O)NC5=O)c4)no3)c12. The molecule has 3 amide bonds. The second-order valence-corrected chi connectivity index (χ2v) is 8.35. The van der Waals surface area contributed by atoms with Crippen LogP contribution in [0.25, 0.3) is 33.9 Å². The number of amides is 3. The zero-order valence-electron chi connectivity index (χ0n) is 17.3. The molecule has 1 atom stereocenters. The van der Waals surface area contributed by atoms with Crippen LogP contribution in [0.1, 0.15) is 42.6 Å². The number of urea groups is 1. The average Bonchev–Trinajstić information content (AvgIpc) is 3.30. The molecule has 2 fully saturated rings. The van der Waals surface area contributed by atoms with E-state index in [0.29, 0.717) is 40.2 Å². The zero-order chi connectivity index (χ0) is 22.0. The van der Waals surface area contributed by atoms with Gasteiger partial charge in [-0.2, -0.15) is 4.98 Å². The van der Waals surface area contributed by atoms with Crippen molar-refractivity contribution in [1.82, 2.24) is 30.9 Å². The number of imide groups is 1. The van der Waals surface area contributed by atoms with Crippen LogP contribution in [-0.4, -0.2) is 32.2 Å². The molecule has 3 aromatic heterocycles. The number of carbonyl (C=O) groups excluding carboxylic acids is 2. The number of hydrogen-bond acceptors (Lipinski definition) is 8. The molecule has 1 aromatic carbocycles. The lowest BCUT2D eigenvalue weighted by atomic mass is 9.91. The molecule has 1 saturated heterocycles. The molecule has 1 unspecified atom stereocenters. The maximum Gasteiger partial charge on any atom is 0.322 e. The molecule has 0 bridgehead atoms. The van der Waals surface area contributed by atoms with Gasteiger partial charge in [0, 0.05) is 17.2 Å². The fourth-order valence-electron chi connectivity index (χ4n) is 4.04. The van der Waals surface area contributed by atoms with E-state index in [0.717, 1.165) is 29.5 Å². The van der Waals surface area contributed by atoms with Gasteiger partial charge < -0.3 is 14.4 Å². The minimum absolute atomic E-state index is 0.337. The smallest absolute Gasteiger partial charge is 0.322 e. The van der Waals surface area contributed by atoms with Crippen molar-refractivity contribution in [3.63, 3.8) is 0 Å². The molecule has 10 heteroatoms. The van der Waals surface area contributed by atoms with Crippen LogP contribution in [0.15, 0.2) is 39.4 Å². The van der Waals surface area contributed by atoms with E-state index in [4.69, 9.17) is 9.05 Å². The van der Waals surface area contributed by atoms with Crippen LogP contribution in [0.3, 0.4) is 0 Å². The highest BCUT2D eigenvalue weighted by atomic mass is 16.5. The quantitative estimate of drug-likeness (QED) is 0.471.